The number of benzene rings is 2. The van der Waals surface area contributed by atoms with E-state index in [2.05, 4.69) is 15.5 Å². The van der Waals surface area contributed by atoms with E-state index in [1.165, 1.54) is 36.4 Å². The van der Waals surface area contributed by atoms with Gasteiger partial charge in [0.05, 0.1) is 6.57 Å². The van der Waals surface area contributed by atoms with E-state index < -0.39 is 37.5 Å². The maximum Gasteiger partial charge on any atom is 0.373 e. The highest BCUT2D eigenvalue weighted by Gasteiger charge is 2.27. The minimum Gasteiger partial charge on any atom is -0.480 e. The summed E-state index contributed by atoms with van der Waals surface area (Å²) in [5.74, 6) is -2.24. The first-order valence-corrected chi connectivity index (χ1v) is 12.8. The van der Waals surface area contributed by atoms with Crippen molar-refractivity contribution in [3.8, 4) is 5.75 Å². The highest BCUT2D eigenvalue weighted by molar-refractivity contribution is 7.52. The number of hydrogen-bond acceptors (Lipinski definition) is 5. The minimum absolute atomic E-state index is 0.0130. The summed E-state index contributed by atoms with van der Waals surface area (Å²) in [4.78, 5) is 50.1. The Hall–Kier alpha value is -3.67. The van der Waals surface area contributed by atoms with Crippen LogP contribution in [0.2, 0.25) is 0 Å². The number of rotatable bonds is 11. The van der Waals surface area contributed by atoms with Gasteiger partial charge in [0, 0.05) is 18.6 Å². The molecule has 0 aliphatic carbocycles. The minimum atomic E-state index is -3.74. The van der Waals surface area contributed by atoms with Gasteiger partial charge in [0.15, 0.2) is 5.69 Å². The van der Waals surface area contributed by atoms with E-state index in [-0.39, 0.29) is 30.1 Å². The molecule has 4 N–H and O–H groups in total. The molecule has 0 heterocycles. The molecule has 0 bridgehead atoms. The standard InChI is InChI=1S/C24H28N3O7P/c1-15(2)13-21(24(30)31)27-23(29)20(26-22(28)17-7-9-18(25-3)10-8-17)14-16-5-11-19(12-6-16)34-35(4,32)33/h5-12,15,20-21H,13-14H2,1-2,4H3,(H,26,28)(H,27,29)(H,30,31)(H,32,33). The zero-order chi connectivity index (χ0) is 26.2. The zero-order valence-corrected chi connectivity index (χ0v) is 20.5. The molecule has 3 unspecified atom stereocenters. The van der Waals surface area contributed by atoms with Crippen LogP contribution >= 0.6 is 7.60 Å². The van der Waals surface area contributed by atoms with Crippen LogP contribution in [0.25, 0.3) is 4.85 Å². The van der Waals surface area contributed by atoms with Crippen molar-refractivity contribution in [3.63, 3.8) is 0 Å². The summed E-state index contributed by atoms with van der Waals surface area (Å²) in [5, 5.41) is 14.6. The molecule has 10 nitrogen and oxygen atoms in total. The van der Waals surface area contributed by atoms with Crippen molar-refractivity contribution in [2.45, 2.75) is 38.8 Å². The van der Waals surface area contributed by atoms with Crippen molar-refractivity contribution < 1.29 is 33.5 Å². The number of aliphatic carboxylic acids is 1. The Morgan fingerprint density at radius 1 is 1.03 bits per heavy atom. The maximum absolute atomic E-state index is 13.0. The molecule has 0 aliphatic heterocycles. The fourth-order valence-electron chi connectivity index (χ4n) is 3.22. The number of nitrogens with zero attached hydrogens (tertiary/aromatic N) is 1. The second kappa shape index (κ2) is 12.2. The van der Waals surface area contributed by atoms with E-state index >= 15 is 0 Å². The first kappa shape index (κ1) is 27.6. The summed E-state index contributed by atoms with van der Waals surface area (Å²) in [6, 6.07) is 9.70. The highest BCUT2D eigenvalue weighted by Crippen LogP contribution is 2.38. The van der Waals surface area contributed by atoms with Crippen LogP contribution in [-0.4, -0.2) is 46.5 Å². The van der Waals surface area contributed by atoms with E-state index in [0.29, 0.717) is 11.3 Å². The van der Waals surface area contributed by atoms with Crippen LogP contribution in [-0.2, 0) is 20.6 Å². The van der Waals surface area contributed by atoms with Crippen LogP contribution in [0.15, 0.2) is 48.5 Å². The van der Waals surface area contributed by atoms with Gasteiger partial charge in [-0.15, -0.1) is 0 Å². The molecular weight excluding hydrogens is 473 g/mol. The molecule has 0 radical (unpaired) electrons. The SMILES string of the molecule is [C-]#[N+]c1ccc(C(=O)NC(Cc2ccc(OP(C)(=O)O)cc2)C(=O)NC(CC(C)C)C(=O)O)cc1. The van der Waals surface area contributed by atoms with Crippen molar-refractivity contribution in [1.29, 1.82) is 0 Å². The lowest BCUT2D eigenvalue weighted by Gasteiger charge is -2.22. The molecule has 11 heteroatoms. The van der Waals surface area contributed by atoms with Gasteiger partial charge in [-0.25, -0.2) is 14.2 Å². The van der Waals surface area contributed by atoms with Gasteiger partial charge < -0.3 is 25.2 Å². The van der Waals surface area contributed by atoms with Crippen LogP contribution in [0.3, 0.4) is 0 Å². The first-order valence-electron chi connectivity index (χ1n) is 10.8. The Labute approximate surface area is 203 Å². The van der Waals surface area contributed by atoms with Crippen LogP contribution in [0.1, 0.15) is 36.2 Å². The molecule has 186 valence electrons. The Morgan fingerprint density at radius 2 is 1.63 bits per heavy atom. The monoisotopic (exact) mass is 501 g/mol. The van der Waals surface area contributed by atoms with Gasteiger partial charge >= 0.3 is 13.6 Å². The predicted molar refractivity (Wildman–Crippen MR) is 130 cm³/mol. The molecule has 0 fully saturated rings. The largest absolute Gasteiger partial charge is 0.480 e. The van der Waals surface area contributed by atoms with Crippen LogP contribution < -0.4 is 15.2 Å². The molecule has 0 saturated heterocycles. The fourth-order valence-corrected chi connectivity index (χ4v) is 3.73. The number of carbonyl (C=O) groups excluding carboxylic acids is 2. The molecular formula is C24H28N3O7P. The lowest BCUT2D eigenvalue weighted by Crippen LogP contribution is -2.52. The number of carbonyl (C=O) groups is 3. The van der Waals surface area contributed by atoms with Crippen molar-refractivity contribution in [3.05, 3.63) is 71.1 Å². The summed E-state index contributed by atoms with van der Waals surface area (Å²) in [6.45, 7) is 11.7. The van der Waals surface area contributed by atoms with Gasteiger partial charge in [-0.2, -0.15) is 0 Å². The number of amides is 2. The molecule has 0 aromatic heterocycles. The molecule has 0 aliphatic rings. The number of carboxylic acid groups (broad SMARTS) is 1. The van der Waals surface area contributed by atoms with E-state index in [1.54, 1.807) is 12.1 Å². The molecule has 3 atom stereocenters. The van der Waals surface area contributed by atoms with E-state index in [4.69, 9.17) is 11.1 Å². The fraction of sp³-hybridized carbons (Fsp3) is 0.333. The highest BCUT2D eigenvalue weighted by atomic mass is 31.2. The smallest absolute Gasteiger partial charge is 0.373 e. The van der Waals surface area contributed by atoms with Gasteiger partial charge in [-0.05, 0) is 30.0 Å². The third kappa shape index (κ3) is 9.24. The number of nitrogens with one attached hydrogen (secondary N) is 2. The van der Waals surface area contributed by atoms with Crippen molar-refractivity contribution in [1.82, 2.24) is 10.6 Å². The van der Waals surface area contributed by atoms with Gasteiger partial charge in [0.2, 0.25) is 5.91 Å². The Kier molecular flexibility index (Phi) is 9.58. The Bertz CT molecular complexity index is 1140. The molecule has 2 rings (SSSR count). The molecule has 2 amide bonds. The Balaban J connectivity index is 2.25. The lowest BCUT2D eigenvalue weighted by atomic mass is 10.0. The lowest BCUT2D eigenvalue weighted by molar-refractivity contribution is -0.142. The molecule has 2 aromatic rings. The van der Waals surface area contributed by atoms with Gasteiger partial charge in [-0.1, -0.05) is 50.2 Å². The molecule has 0 saturated carbocycles. The quantitative estimate of drug-likeness (QED) is 0.273. The molecule has 2 aromatic carbocycles. The van der Waals surface area contributed by atoms with Crippen molar-refractivity contribution >= 4 is 31.1 Å². The summed E-state index contributed by atoms with van der Waals surface area (Å²) >= 11 is 0. The van der Waals surface area contributed by atoms with Crippen LogP contribution in [0, 0.1) is 12.5 Å². The predicted octanol–water partition coefficient (Wildman–Crippen LogP) is 3.39. The van der Waals surface area contributed by atoms with E-state index in [1.807, 2.05) is 13.8 Å². The summed E-state index contributed by atoms with van der Waals surface area (Å²) in [6.07, 6.45) is 0.235. The summed E-state index contributed by atoms with van der Waals surface area (Å²) in [7, 11) is -3.74. The van der Waals surface area contributed by atoms with E-state index in [9.17, 15) is 28.9 Å². The second-order valence-corrected chi connectivity index (χ2v) is 10.2. The average molecular weight is 501 g/mol. The van der Waals surface area contributed by atoms with Gasteiger partial charge in [0.25, 0.3) is 5.91 Å². The Morgan fingerprint density at radius 3 is 2.11 bits per heavy atom. The normalized spacial score (nSPS) is 14.2. The summed E-state index contributed by atoms with van der Waals surface area (Å²) < 4.78 is 16.4. The molecule has 0 spiro atoms. The first-order chi connectivity index (χ1) is 16.4. The third-order valence-electron chi connectivity index (χ3n) is 4.84. The second-order valence-electron chi connectivity index (χ2n) is 8.46. The van der Waals surface area contributed by atoms with Crippen molar-refractivity contribution in [2.24, 2.45) is 5.92 Å². The zero-order valence-electron chi connectivity index (χ0n) is 19.6. The van der Waals surface area contributed by atoms with Gasteiger partial charge in [0.1, 0.15) is 17.8 Å². The number of carboxylic acids is 1. The van der Waals surface area contributed by atoms with Crippen molar-refractivity contribution in [2.75, 3.05) is 6.66 Å². The maximum atomic E-state index is 13.0. The van der Waals surface area contributed by atoms with Crippen LogP contribution in [0.5, 0.6) is 5.75 Å². The average Bonchev–Trinajstić information content (AvgIpc) is 2.78. The number of hydrogen-bond donors (Lipinski definition) is 4. The van der Waals surface area contributed by atoms with Gasteiger partial charge in [-0.3, -0.25) is 9.59 Å². The van der Waals surface area contributed by atoms with Crippen LogP contribution in [0.4, 0.5) is 5.69 Å². The third-order valence-corrected chi connectivity index (χ3v) is 5.39. The topological polar surface area (TPSA) is 146 Å². The summed E-state index contributed by atoms with van der Waals surface area (Å²) in [5.41, 5.74) is 1.19. The van der Waals surface area contributed by atoms with E-state index in [0.717, 1.165) is 6.66 Å². The molecule has 35 heavy (non-hydrogen) atoms.